The largest absolute Gasteiger partial charge is 0.478 e. The van der Waals surface area contributed by atoms with Gasteiger partial charge in [-0.25, -0.2) is 13.9 Å². The highest BCUT2D eigenvalue weighted by Gasteiger charge is 2.23. The second-order valence-corrected chi connectivity index (χ2v) is 5.68. The van der Waals surface area contributed by atoms with Crippen LogP contribution in [0.1, 0.15) is 41.7 Å². The minimum atomic E-state index is -1.17. The zero-order chi connectivity index (χ0) is 15.9. The van der Waals surface area contributed by atoms with Crippen LogP contribution in [0.3, 0.4) is 0 Å². The van der Waals surface area contributed by atoms with Gasteiger partial charge in [-0.15, -0.1) is 0 Å². The number of carbonyl (C=O) groups is 1. The molecule has 5 nitrogen and oxygen atoms in total. The van der Waals surface area contributed by atoms with E-state index in [9.17, 15) is 19.1 Å². The summed E-state index contributed by atoms with van der Waals surface area (Å²) in [5.41, 5.74) is 2.78. The standard InChI is InChI=1S/C16H17FN2O3/c1-9-13(16(21)22)11-7-4-8-12(17)14(11)15(20)19(9)18-10-5-2-3-6-10/h4,7-8,10,18H,2-3,5-6H2,1H3,(H,21,22). The highest BCUT2D eigenvalue weighted by molar-refractivity contribution is 6.04. The first-order valence-corrected chi connectivity index (χ1v) is 7.34. The molecule has 0 aliphatic heterocycles. The van der Waals surface area contributed by atoms with Crippen LogP contribution in [0.25, 0.3) is 10.8 Å². The van der Waals surface area contributed by atoms with Crippen molar-refractivity contribution < 1.29 is 14.3 Å². The molecule has 22 heavy (non-hydrogen) atoms. The van der Waals surface area contributed by atoms with E-state index in [0.29, 0.717) is 5.69 Å². The van der Waals surface area contributed by atoms with E-state index in [1.165, 1.54) is 22.9 Å². The van der Waals surface area contributed by atoms with Gasteiger partial charge in [-0.1, -0.05) is 25.0 Å². The molecule has 1 fully saturated rings. The number of benzene rings is 1. The molecule has 0 unspecified atom stereocenters. The van der Waals surface area contributed by atoms with Gasteiger partial charge in [0.15, 0.2) is 0 Å². The lowest BCUT2D eigenvalue weighted by Gasteiger charge is -2.20. The Bertz CT molecular complexity index is 807. The molecule has 1 aliphatic carbocycles. The van der Waals surface area contributed by atoms with Crippen molar-refractivity contribution in [2.45, 2.75) is 38.6 Å². The molecule has 6 heteroatoms. The molecule has 1 saturated carbocycles. The Hall–Kier alpha value is -2.37. The number of rotatable bonds is 3. The van der Waals surface area contributed by atoms with Crippen LogP contribution < -0.4 is 11.0 Å². The molecule has 2 aromatic rings. The SMILES string of the molecule is Cc1c(C(=O)O)c2cccc(F)c2c(=O)n1NC1CCCC1. The maximum Gasteiger partial charge on any atom is 0.338 e. The highest BCUT2D eigenvalue weighted by atomic mass is 19.1. The molecule has 0 saturated heterocycles. The first-order valence-electron chi connectivity index (χ1n) is 7.34. The summed E-state index contributed by atoms with van der Waals surface area (Å²) in [7, 11) is 0. The molecule has 2 N–H and O–H groups in total. The summed E-state index contributed by atoms with van der Waals surface area (Å²) in [5, 5.41) is 9.42. The Kier molecular flexibility index (Phi) is 3.60. The Morgan fingerprint density at radius 2 is 2.05 bits per heavy atom. The molecular weight excluding hydrogens is 287 g/mol. The molecule has 3 rings (SSSR count). The van der Waals surface area contributed by atoms with E-state index in [1.54, 1.807) is 6.92 Å². The Morgan fingerprint density at radius 3 is 2.68 bits per heavy atom. The molecule has 0 spiro atoms. The van der Waals surface area contributed by atoms with Crippen molar-refractivity contribution in [3.63, 3.8) is 0 Å². The predicted octanol–water partition coefficient (Wildman–Crippen LogP) is 2.63. The average molecular weight is 304 g/mol. The summed E-state index contributed by atoms with van der Waals surface area (Å²) in [6, 6.07) is 4.17. The van der Waals surface area contributed by atoms with Crippen LogP contribution in [0.4, 0.5) is 4.39 Å². The van der Waals surface area contributed by atoms with Crippen molar-refractivity contribution >= 4 is 16.7 Å². The first kappa shape index (κ1) is 14.6. The van der Waals surface area contributed by atoms with Crippen molar-refractivity contribution in [3.05, 3.63) is 45.6 Å². The second kappa shape index (κ2) is 5.44. The lowest BCUT2D eigenvalue weighted by Crippen LogP contribution is -2.37. The van der Waals surface area contributed by atoms with Gasteiger partial charge in [0, 0.05) is 11.4 Å². The predicted molar refractivity (Wildman–Crippen MR) is 81.5 cm³/mol. The number of aromatic carboxylic acids is 1. The molecule has 0 amide bonds. The van der Waals surface area contributed by atoms with Gasteiger partial charge in [-0.2, -0.15) is 0 Å². The third-order valence-electron chi connectivity index (χ3n) is 4.28. The normalized spacial score (nSPS) is 15.4. The number of carboxylic acid groups (broad SMARTS) is 1. The molecule has 1 heterocycles. The fraction of sp³-hybridized carbons (Fsp3) is 0.375. The molecule has 0 radical (unpaired) electrons. The van der Waals surface area contributed by atoms with E-state index in [0.717, 1.165) is 25.7 Å². The maximum atomic E-state index is 14.1. The molecule has 0 atom stereocenters. The second-order valence-electron chi connectivity index (χ2n) is 5.68. The number of aromatic nitrogens is 1. The monoisotopic (exact) mass is 304 g/mol. The quantitative estimate of drug-likeness (QED) is 0.914. The summed E-state index contributed by atoms with van der Waals surface area (Å²) in [5.74, 6) is -1.87. The number of fused-ring (bicyclic) bond motifs is 1. The first-order chi connectivity index (χ1) is 10.5. The smallest absolute Gasteiger partial charge is 0.338 e. The van der Waals surface area contributed by atoms with Gasteiger partial charge in [-0.05, 0) is 25.8 Å². The van der Waals surface area contributed by atoms with Crippen LogP contribution in [-0.4, -0.2) is 21.8 Å². The molecule has 116 valence electrons. The number of nitrogens with one attached hydrogen (secondary N) is 1. The molecule has 1 aromatic carbocycles. The van der Waals surface area contributed by atoms with Crippen molar-refractivity contribution in [3.8, 4) is 0 Å². The van der Waals surface area contributed by atoms with E-state index in [1.807, 2.05) is 0 Å². The van der Waals surface area contributed by atoms with Crippen LogP contribution >= 0.6 is 0 Å². The number of halogens is 1. The van der Waals surface area contributed by atoms with Crippen molar-refractivity contribution in [2.24, 2.45) is 0 Å². The average Bonchev–Trinajstić information content (AvgIpc) is 2.96. The van der Waals surface area contributed by atoms with Gasteiger partial charge in [0.25, 0.3) is 5.56 Å². The fourth-order valence-electron chi connectivity index (χ4n) is 3.18. The van der Waals surface area contributed by atoms with Gasteiger partial charge >= 0.3 is 5.97 Å². The van der Waals surface area contributed by atoms with Gasteiger partial charge in [0.05, 0.1) is 16.6 Å². The van der Waals surface area contributed by atoms with Crippen molar-refractivity contribution in [1.82, 2.24) is 4.68 Å². The third kappa shape index (κ3) is 2.24. The molecule has 1 aromatic heterocycles. The van der Waals surface area contributed by atoms with E-state index in [-0.39, 0.29) is 22.4 Å². The van der Waals surface area contributed by atoms with Crippen molar-refractivity contribution in [2.75, 3.05) is 5.43 Å². The zero-order valence-corrected chi connectivity index (χ0v) is 12.2. The molecule has 1 aliphatic rings. The van der Waals surface area contributed by atoms with E-state index in [4.69, 9.17) is 0 Å². The highest BCUT2D eigenvalue weighted by Crippen LogP contribution is 2.23. The van der Waals surface area contributed by atoms with Crippen LogP contribution in [0, 0.1) is 12.7 Å². The number of nitrogens with zero attached hydrogens (tertiary/aromatic N) is 1. The third-order valence-corrected chi connectivity index (χ3v) is 4.28. The summed E-state index contributed by atoms with van der Waals surface area (Å²) in [6.07, 6.45) is 3.98. The summed E-state index contributed by atoms with van der Waals surface area (Å²) >= 11 is 0. The minimum absolute atomic E-state index is 0.0420. The number of hydrogen-bond acceptors (Lipinski definition) is 3. The van der Waals surface area contributed by atoms with Crippen LogP contribution in [-0.2, 0) is 0 Å². The lowest BCUT2D eigenvalue weighted by molar-refractivity contribution is 0.0697. The topological polar surface area (TPSA) is 71.3 Å². The number of carboxylic acids is 1. The fourth-order valence-corrected chi connectivity index (χ4v) is 3.18. The minimum Gasteiger partial charge on any atom is -0.478 e. The lowest BCUT2D eigenvalue weighted by atomic mass is 10.0. The number of pyridine rings is 1. The molecular formula is C16H17FN2O3. The van der Waals surface area contributed by atoms with E-state index in [2.05, 4.69) is 5.43 Å². The van der Waals surface area contributed by atoms with Crippen LogP contribution in [0.15, 0.2) is 23.0 Å². The van der Waals surface area contributed by atoms with Gasteiger partial charge in [0.1, 0.15) is 5.82 Å². The summed E-state index contributed by atoms with van der Waals surface area (Å²) in [6.45, 7) is 1.57. The Balaban J connectivity index is 2.29. The number of hydrogen-bond donors (Lipinski definition) is 2. The summed E-state index contributed by atoms with van der Waals surface area (Å²) in [4.78, 5) is 24.2. The molecule has 0 bridgehead atoms. The van der Waals surface area contributed by atoms with Gasteiger partial charge in [-0.3, -0.25) is 4.79 Å². The van der Waals surface area contributed by atoms with Crippen LogP contribution in [0.2, 0.25) is 0 Å². The maximum absolute atomic E-state index is 14.1. The van der Waals surface area contributed by atoms with Gasteiger partial charge in [0.2, 0.25) is 0 Å². The van der Waals surface area contributed by atoms with Crippen molar-refractivity contribution in [1.29, 1.82) is 0 Å². The Morgan fingerprint density at radius 1 is 1.36 bits per heavy atom. The van der Waals surface area contributed by atoms with Gasteiger partial charge < -0.3 is 10.5 Å². The van der Waals surface area contributed by atoms with E-state index >= 15 is 0 Å². The Labute approximate surface area is 126 Å². The zero-order valence-electron chi connectivity index (χ0n) is 12.2. The van der Waals surface area contributed by atoms with E-state index < -0.39 is 17.3 Å². The van der Waals surface area contributed by atoms with Crippen LogP contribution in [0.5, 0.6) is 0 Å². The summed E-state index contributed by atoms with van der Waals surface area (Å²) < 4.78 is 15.3.